The third kappa shape index (κ3) is 4.96. The van der Waals surface area contributed by atoms with Gasteiger partial charge in [-0.05, 0) is 23.8 Å². The summed E-state index contributed by atoms with van der Waals surface area (Å²) in [5.74, 6) is 0.574. The third-order valence-electron chi connectivity index (χ3n) is 3.00. The van der Waals surface area contributed by atoms with E-state index in [9.17, 15) is 13.2 Å². The highest BCUT2D eigenvalue weighted by Crippen LogP contribution is 2.26. The summed E-state index contributed by atoms with van der Waals surface area (Å²) in [6.07, 6.45) is -4.69. The molecule has 3 nitrogen and oxygen atoms in total. The van der Waals surface area contributed by atoms with Crippen LogP contribution in [0, 0.1) is 0 Å². The number of para-hydroxylation sites is 1. The maximum atomic E-state index is 12.3. The van der Waals surface area contributed by atoms with E-state index in [1.54, 1.807) is 19.2 Å². The molecule has 0 bridgehead atoms. The summed E-state index contributed by atoms with van der Waals surface area (Å²) in [5.41, 5.74) is 1.46. The summed E-state index contributed by atoms with van der Waals surface area (Å²) >= 11 is 0. The van der Waals surface area contributed by atoms with Gasteiger partial charge in [-0.25, -0.2) is 0 Å². The largest absolute Gasteiger partial charge is 0.573 e. The van der Waals surface area contributed by atoms with Gasteiger partial charge in [-0.2, -0.15) is 0 Å². The van der Waals surface area contributed by atoms with E-state index in [2.05, 4.69) is 10.1 Å². The second-order valence-electron chi connectivity index (χ2n) is 4.61. The Morgan fingerprint density at radius 3 is 2.27 bits per heavy atom. The number of rotatable bonds is 6. The lowest BCUT2D eigenvalue weighted by Gasteiger charge is -2.13. The van der Waals surface area contributed by atoms with Crippen LogP contribution in [0.2, 0.25) is 0 Å². The zero-order valence-corrected chi connectivity index (χ0v) is 12.0. The van der Waals surface area contributed by atoms with E-state index in [0.717, 1.165) is 11.3 Å². The lowest BCUT2D eigenvalue weighted by molar-refractivity contribution is -0.274. The fourth-order valence-corrected chi connectivity index (χ4v) is 1.96. The standard InChI is InChI=1S/C16H16F3NO2/c1-21-14-8-6-12(7-9-14)10-20-11-13-4-2-3-5-15(13)22-16(17,18)19/h2-9,20H,10-11H2,1H3. The molecule has 118 valence electrons. The first-order valence-corrected chi connectivity index (χ1v) is 6.65. The monoisotopic (exact) mass is 311 g/mol. The molecule has 0 unspecified atom stereocenters. The first kappa shape index (κ1) is 16.2. The highest BCUT2D eigenvalue weighted by Gasteiger charge is 2.31. The van der Waals surface area contributed by atoms with Crippen molar-refractivity contribution in [2.24, 2.45) is 0 Å². The van der Waals surface area contributed by atoms with Gasteiger partial charge in [0.2, 0.25) is 0 Å². The fraction of sp³-hybridized carbons (Fsp3) is 0.250. The molecule has 0 aromatic heterocycles. The van der Waals surface area contributed by atoms with Crippen LogP contribution in [0.3, 0.4) is 0 Å². The molecule has 0 amide bonds. The van der Waals surface area contributed by atoms with Crippen molar-refractivity contribution in [1.82, 2.24) is 5.32 Å². The van der Waals surface area contributed by atoms with Crippen molar-refractivity contribution in [3.63, 3.8) is 0 Å². The van der Waals surface area contributed by atoms with Gasteiger partial charge < -0.3 is 14.8 Å². The first-order chi connectivity index (χ1) is 10.5. The predicted molar refractivity (Wildman–Crippen MR) is 76.7 cm³/mol. The lowest BCUT2D eigenvalue weighted by atomic mass is 10.2. The normalized spacial score (nSPS) is 11.3. The number of methoxy groups -OCH3 is 1. The molecule has 0 saturated heterocycles. The number of hydrogen-bond donors (Lipinski definition) is 1. The molecule has 0 atom stereocenters. The van der Waals surface area contributed by atoms with Crippen LogP contribution in [-0.2, 0) is 13.1 Å². The maximum Gasteiger partial charge on any atom is 0.573 e. The molecule has 0 saturated carbocycles. The molecule has 0 aliphatic rings. The maximum absolute atomic E-state index is 12.3. The summed E-state index contributed by atoms with van der Waals surface area (Å²) in [6, 6.07) is 13.5. The van der Waals surface area contributed by atoms with Crippen LogP contribution >= 0.6 is 0 Å². The molecule has 2 rings (SSSR count). The van der Waals surface area contributed by atoms with E-state index >= 15 is 0 Å². The van der Waals surface area contributed by atoms with Gasteiger partial charge >= 0.3 is 6.36 Å². The minimum Gasteiger partial charge on any atom is -0.497 e. The number of nitrogens with one attached hydrogen (secondary N) is 1. The van der Waals surface area contributed by atoms with Gasteiger partial charge in [0, 0.05) is 18.7 Å². The Balaban J connectivity index is 1.93. The van der Waals surface area contributed by atoms with Gasteiger partial charge in [0.15, 0.2) is 0 Å². The van der Waals surface area contributed by atoms with Crippen molar-refractivity contribution in [2.45, 2.75) is 19.5 Å². The predicted octanol–water partition coefficient (Wildman–Crippen LogP) is 3.88. The minimum absolute atomic E-state index is 0.183. The number of alkyl halides is 3. The molecule has 0 aliphatic heterocycles. The fourth-order valence-electron chi connectivity index (χ4n) is 1.96. The van der Waals surface area contributed by atoms with Crippen molar-refractivity contribution >= 4 is 0 Å². The van der Waals surface area contributed by atoms with Gasteiger partial charge in [-0.1, -0.05) is 30.3 Å². The SMILES string of the molecule is COc1ccc(CNCc2ccccc2OC(F)(F)F)cc1. The van der Waals surface area contributed by atoms with Crippen LogP contribution in [0.25, 0.3) is 0 Å². The highest BCUT2D eigenvalue weighted by atomic mass is 19.4. The molecule has 0 heterocycles. The average molecular weight is 311 g/mol. The van der Waals surface area contributed by atoms with E-state index < -0.39 is 6.36 Å². The number of halogens is 3. The third-order valence-corrected chi connectivity index (χ3v) is 3.00. The Hall–Kier alpha value is -2.21. The summed E-state index contributed by atoms with van der Waals surface area (Å²) in [6.45, 7) is 0.808. The zero-order valence-electron chi connectivity index (χ0n) is 12.0. The smallest absolute Gasteiger partial charge is 0.497 e. The molecule has 1 N–H and O–H groups in total. The Bertz CT molecular complexity index is 597. The molecule has 0 fully saturated rings. The van der Waals surface area contributed by atoms with E-state index in [4.69, 9.17) is 4.74 Å². The highest BCUT2D eigenvalue weighted by molar-refractivity contribution is 5.33. The van der Waals surface area contributed by atoms with Crippen molar-refractivity contribution in [3.05, 3.63) is 59.7 Å². The summed E-state index contributed by atoms with van der Waals surface area (Å²) in [4.78, 5) is 0. The molecular weight excluding hydrogens is 295 g/mol. The minimum atomic E-state index is -4.69. The average Bonchev–Trinajstić information content (AvgIpc) is 2.48. The second-order valence-corrected chi connectivity index (χ2v) is 4.61. The van der Waals surface area contributed by atoms with Crippen LogP contribution < -0.4 is 14.8 Å². The first-order valence-electron chi connectivity index (χ1n) is 6.65. The molecule has 0 aliphatic carbocycles. The van der Waals surface area contributed by atoms with Crippen molar-refractivity contribution in [2.75, 3.05) is 7.11 Å². The molecular formula is C16H16F3NO2. The Morgan fingerprint density at radius 2 is 1.64 bits per heavy atom. The Morgan fingerprint density at radius 1 is 0.955 bits per heavy atom. The molecule has 0 radical (unpaired) electrons. The van der Waals surface area contributed by atoms with Crippen LogP contribution in [-0.4, -0.2) is 13.5 Å². The van der Waals surface area contributed by atoms with Gasteiger partial charge in [-0.15, -0.1) is 13.2 Å². The number of hydrogen-bond acceptors (Lipinski definition) is 3. The van der Waals surface area contributed by atoms with E-state index in [1.807, 2.05) is 24.3 Å². The van der Waals surface area contributed by atoms with Crippen molar-refractivity contribution in [1.29, 1.82) is 0 Å². The Kier molecular flexibility index (Phi) is 5.27. The molecule has 6 heteroatoms. The van der Waals surface area contributed by atoms with Gasteiger partial charge in [0.05, 0.1) is 7.11 Å². The summed E-state index contributed by atoms with van der Waals surface area (Å²) in [7, 11) is 1.59. The van der Waals surface area contributed by atoms with Crippen molar-refractivity contribution < 1.29 is 22.6 Å². The van der Waals surface area contributed by atoms with Crippen LogP contribution in [0.15, 0.2) is 48.5 Å². The second kappa shape index (κ2) is 7.17. The summed E-state index contributed by atoms with van der Waals surface area (Å²) in [5, 5.41) is 3.09. The Labute approximate surface area is 126 Å². The van der Waals surface area contributed by atoms with Crippen LogP contribution in [0.4, 0.5) is 13.2 Å². The van der Waals surface area contributed by atoms with Crippen LogP contribution in [0.1, 0.15) is 11.1 Å². The van der Waals surface area contributed by atoms with Gasteiger partial charge in [-0.3, -0.25) is 0 Å². The van der Waals surface area contributed by atoms with Gasteiger partial charge in [0.1, 0.15) is 11.5 Å². The molecule has 2 aromatic rings. The van der Waals surface area contributed by atoms with E-state index in [0.29, 0.717) is 12.1 Å². The molecule has 2 aromatic carbocycles. The van der Waals surface area contributed by atoms with E-state index in [1.165, 1.54) is 12.1 Å². The summed E-state index contributed by atoms with van der Waals surface area (Å²) < 4.78 is 46.0. The quantitative estimate of drug-likeness (QED) is 0.878. The molecule has 0 spiro atoms. The van der Waals surface area contributed by atoms with E-state index in [-0.39, 0.29) is 12.3 Å². The zero-order chi connectivity index (χ0) is 16.0. The lowest BCUT2D eigenvalue weighted by Crippen LogP contribution is -2.20. The van der Waals surface area contributed by atoms with Crippen LogP contribution in [0.5, 0.6) is 11.5 Å². The molecule has 22 heavy (non-hydrogen) atoms. The van der Waals surface area contributed by atoms with Crippen molar-refractivity contribution in [3.8, 4) is 11.5 Å². The number of benzene rings is 2. The number of ether oxygens (including phenoxy) is 2. The topological polar surface area (TPSA) is 30.5 Å². The van der Waals surface area contributed by atoms with Gasteiger partial charge in [0.25, 0.3) is 0 Å².